The molecule has 1 aromatic heterocycles. The number of fused-ring (bicyclic) bond motifs is 1. The normalized spacial score (nSPS) is 16.7. The van der Waals surface area contributed by atoms with Gasteiger partial charge in [0.25, 0.3) is 5.56 Å². The van der Waals surface area contributed by atoms with Gasteiger partial charge in [0.05, 0.1) is 29.4 Å². The topological polar surface area (TPSA) is 87.5 Å². The number of carbonyl (C=O) groups is 1. The van der Waals surface area contributed by atoms with E-state index in [2.05, 4.69) is 17.2 Å². The molecule has 3 aromatic rings. The van der Waals surface area contributed by atoms with Crippen molar-refractivity contribution in [1.29, 1.82) is 0 Å². The minimum Gasteiger partial charge on any atom is -0.388 e. The van der Waals surface area contributed by atoms with Gasteiger partial charge in [0.2, 0.25) is 5.91 Å². The number of rotatable bonds is 6. The molecule has 168 valence electrons. The van der Waals surface area contributed by atoms with E-state index in [0.717, 1.165) is 11.3 Å². The second-order valence-electron chi connectivity index (χ2n) is 8.78. The number of benzene rings is 2. The quantitative estimate of drug-likeness (QED) is 0.623. The Bertz CT molecular complexity index is 1150. The van der Waals surface area contributed by atoms with Crippen LogP contribution in [0.4, 0.5) is 5.69 Å². The number of hydrogen-bond acceptors (Lipinski definition) is 5. The van der Waals surface area contributed by atoms with Gasteiger partial charge in [-0.05, 0) is 42.5 Å². The number of aromatic nitrogens is 2. The first-order valence-electron chi connectivity index (χ1n) is 11.1. The molecule has 1 amide bonds. The Morgan fingerprint density at radius 2 is 1.91 bits per heavy atom. The Morgan fingerprint density at radius 1 is 1.19 bits per heavy atom. The number of piperidine rings is 1. The number of likely N-dealkylation sites (tertiary alicyclic amines) is 1. The van der Waals surface area contributed by atoms with Gasteiger partial charge < -0.3 is 15.3 Å². The Morgan fingerprint density at radius 3 is 2.59 bits per heavy atom. The second kappa shape index (κ2) is 9.12. The summed E-state index contributed by atoms with van der Waals surface area (Å²) in [5, 5.41) is 14.7. The average Bonchev–Trinajstić information content (AvgIpc) is 2.81. The smallest absolute Gasteiger partial charge is 0.261 e. The summed E-state index contributed by atoms with van der Waals surface area (Å²) in [5.74, 6) is 0.253. The van der Waals surface area contributed by atoms with Crippen LogP contribution in [0.25, 0.3) is 10.9 Å². The van der Waals surface area contributed by atoms with Crippen molar-refractivity contribution in [1.82, 2.24) is 14.5 Å². The number of anilines is 1. The standard InChI is InChI=1S/C25H30N4O3/c1-18(19-6-4-3-5-7-19)14-23(30)28-12-10-25(32,11-13-28)16-29-17-27-22-15-20(26-2)8-9-21(22)24(29)31/h3-9,15,17-18,26,32H,10-14,16H2,1-2H3/t18-/m1/s1. The summed E-state index contributed by atoms with van der Waals surface area (Å²) in [7, 11) is 1.82. The number of aliphatic hydroxyl groups is 1. The fourth-order valence-corrected chi connectivity index (χ4v) is 4.36. The van der Waals surface area contributed by atoms with E-state index in [4.69, 9.17) is 0 Å². The zero-order valence-corrected chi connectivity index (χ0v) is 18.6. The van der Waals surface area contributed by atoms with E-state index in [0.29, 0.717) is 43.3 Å². The summed E-state index contributed by atoms with van der Waals surface area (Å²) in [6, 6.07) is 15.5. The number of amides is 1. The molecule has 1 saturated heterocycles. The molecule has 4 rings (SSSR count). The van der Waals surface area contributed by atoms with Crippen LogP contribution in [0.1, 0.15) is 37.7 Å². The lowest BCUT2D eigenvalue weighted by atomic mass is 9.90. The van der Waals surface area contributed by atoms with Crippen molar-refractivity contribution in [2.45, 2.75) is 44.2 Å². The predicted molar refractivity (Wildman–Crippen MR) is 126 cm³/mol. The molecule has 1 aliphatic rings. The molecule has 2 N–H and O–H groups in total. The van der Waals surface area contributed by atoms with Gasteiger partial charge >= 0.3 is 0 Å². The van der Waals surface area contributed by atoms with Crippen molar-refractivity contribution in [3.63, 3.8) is 0 Å². The van der Waals surface area contributed by atoms with Crippen LogP contribution in [-0.4, -0.2) is 51.2 Å². The molecular formula is C25H30N4O3. The predicted octanol–water partition coefficient (Wildman–Crippen LogP) is 2.99. The van der Waals surface area contributed by atoms with Crippen LogP contribution in [0.3, 0.4) is 0 Å². The minimum absolute atomic E-state index is 0.105. The summed E-state index contributed by atoms with van der Waals surface area (Å²) in [6.07, 6.45) is 2.81. The molecule has 0 radical (unpaired) electrons. The van der Waals surface area contributed by atoms with E-state index < -0.39 is 5.60 Å². The van der Waals surface area contributed by atoms with Gasteiger partial charge in [-0.15, -0.1) is 0 Å². The SMILES string of the molecule is CNc1ccc2c(=O)n(CC3(O)CCN(C(=O)C[C@@H](C)c4ccccc4)CC3)cnc2c1. The number of hydrogen-bond donors (Lipinski definition) is 2. The Kier molecular flexibility index (Phi) is 6.28. The molecule has 32 heavy (non-hydrogen) atoms. The van der Waals surface area contributed by atoms with Crippen LogP contribution in [0.2, 0.25) is 0 Å². The molecule has 2 aromatic carbocycles. The average molecular weight is 435 g/mol. The van der Waals surface area contributed by atoms with Gasteiger partial charge in [-0.2, -0.15) is 0 Å². The molecule has 0 saturated carbocycles. The van der Waals surface area contributed by atoms with Crippen LogP contribution in [0.15, 0.2) is 59.7 Å². The van der Waals surface area contributed by atoms with Crippen molar-refractivity contribution >= 4 is 22.5 Å². The van der Waals surface area contributed by atoms with Crippen LogP contribution in [0.5, 0.6) is 0 Å². The van der Waals surface area contributed by atoms with Gasteiger partial charge in [-0.1, -0.05) is 37.3 Å². The summed E-state index contributed by atoms with van der Waals surface area (Å²) in [4.78, 5) is 31.9. The van der Waals surface area contributed by atoms with E-state index in [9.17, 15) is 14.7 Å². The highest BCUT2D eigenvalue weighted by Gasteiger charge is 2.35. The molecular weight excluding hydrogens is 404 g/mol. The van der Waals surface area contributed by atoms with Crippen LogP contribution in [-0.2, 0) is 11.3 Å². The van der Waals surface area contributed by atoms with Gasteiger partial charge in [-0.3, -0.25) is 14.2 Å². The van der Waals surface area contributed by atoms with Crippen molar-refractivity contribution in [2.75, 3.05) is 25.5 Å². The van der Waals surface area contributed by atoms with Crippen LogP contribution >= 0.6 is 0 Å². The highest BCUT2D eigenvalue weighted by atomic mass is 16.3. The summed E-state index contributed by atoms with van der Waals surface area (Å²) < 4.78 is 1.48. The zero-order chi connectivity index (χ0) is 22.7. The van der Waals surface area contributed by atoms with Gasteiger partial charge in [0.15, 0.2) is 0 Å². The first-order chi connectivity index (χ1) is 15.4. The fourth-order valence-electron chi connectivity index (χ4n) is 4.36. The first kappa shape index (κ1) is 22.0. The Hall–Kier alpha value is -3.19. The lowest BCUT2D eigenvalue weighted by molar-refractivity contribution is -0.136. The number of nitrogens with one attached hydrogen (secondary N) is 1. The van der Waals surface area contributed by atoms with Crippen LogP contribution < -0.4 is 10.9 Å². The van der Waals surface area contributed by atoms with E-state index in [1.54, 1.807) is 6.07 Å². The summed E-state index contributed by atoms with van der Waals surface area (Å²) >= 11 is 0. The van der Waals surface area contributed by atoms with Crippen LogP contribution in [0, 0.1) is 0 Å². The van der Waals surface area contributed by atoms with Gasteiger partial charge in [0, 0.05) is 32.2 Å². The third-order valence-corrected chi connectivity index (χ3v) is 6.47. The molecule has 1 atom stereocenters. The summed E-state index contributed by atoms with van der Waals surface area (Å²) in [6.45, 7) is 3.20. The highest BCUT2D eigenvalue weighted by Crippen LogP contribution is 2.26. The third-order valence-electron chi connectivity index (χ3n) is 6.47. The van der Waals surface area contributed by atoms with Crippen molar-refractivity contribution in [2.24, 2.45) is 0 Å². The minimum atomic E-state index is -1.04. The molecule has 0 spiro atoms. The molecule has 1 aliphatic heterocycles. The maximum absolute atomic E-state index is 12.9. The molecule has 0 unspecified atom stereocenters. The lowest BCUT2D eigenvalue weighted by Crippen LogP contribution is -2.49. The molecule has 0 bridgehead atoms. The fraction of sp³-hybridized carbons (Fsp3) is 0.400. The monoisotopic (exact) mass is 434 g/mol. The van der Waals surface area contributed by atoms with E-state index in [-0.39, 0.29) is 23.9 Å². The van der Waals surface area contributed by atoms with E-state index >= 15 is 0 Å². The van der Waals surface area contributed by atoms with Gasteiger partial charge in [0.1, 0.15) is 0 Å². The Balaban J connectivity index is 1.39. The highest BCUT2D eigenvalue weighted by molar-refractivity contribution is 5.81. The molecule has 0 aliphatic carbocycles. The Labute approximate surface area is 187 Å². The third kappa shape index (κ3) is 4.67. The molecule has 2 heterocycles. The lowest BCUT2D eigenvalue weighted by Gasteiger charge is -2.38. The van der Waals surface area contributed by atoms with E-state index in [1.165, 1.54) is 10.9 Å². The maximum atomic E-state index is 12.9. The van der Waals surface area contributed by atoms with Crippen molar-refractivity contribution in [3.05, 3.63) is 70.8 Å². The number of nitrogens with zero attached hydrogens (tertiary/aromatic N) is 3. The zero-order valence-electron chi connectivity index (χ0n) is 18.6. The second-order valence-corrected chi connectivity index (χ2v) is 8.78. The van der Waals surface area contributed by atoms with Crippen molar-refractivity contribution < 1.29 is 9.90 Å². The van der Waals surface area contributed by atoms with Crippen molar-refractivity contribution in [3.8, 4) is 0 Å². The molecule has 1 fully saturated rings. The van der Waals surface area contributed by atoms with E-state index in [1.807, 2.05) is 54.4 Å². The first-order valence-corrected chi connectivity index (χ1v) is 11.1. The largest absolute Gasteiger partial charge is 0.388 e. The molecule has 7 nitrogen and oxygen atoms in total. The van der Waals surface area contributed by atoms with Gasteiger partial charge in [-0.25, -0.2) is 4.98 Å². The maximum Gasteiger partial charge on any atom is 0.261 e. The number of carbonyl (C=O) groups excluding carboxylic acids is 1. The summed E-state index contributed by atoms with van der Waals surface area (Å²) in [5.41, 5.74) is 1.46. The molecule has 7 heteroatoms.